The van der Waals surface area contributed by atoms with Crippen LogP contribution in [0.1, 0.15) is 15.9 Å². The Labute approximate surface area is 126 Å². The fourth-order valence-electron chi connectivity index (χ4n) is 1.91. The third-order valence-electron chi connectivity index (χ3n) is 3.02. The van der Waals surface area contributed by atoms with Gasteiger partial charge in [0.25, 0.3) is 0 Å². The molecule has 0 amide bonds. The molecule has 0 fully saturated rings. The number of benzene rings is 2. The first kappa shape index (κ1) is 15.1. The van der Waals surface area contributed by atoms with Crippen LogP contribution in [0.25, 0.3) is 0 Å². The van der Waals surface area contributed by atoms with Crippen molar-refractivity contribution in [3.8, 4) is 0 Å². The maximum atomic E-state index is 13.9. The Balaban J connectivity index is 2.43. The van der Waals surface area contributed by atoms with E-state index in [4.69, 9.17) is 17.3 Å². The first-order valence-electron chi connectivity index (χ1n) is 6.13. The van der Waals surface area contributed by atoms with Crippen molar-refractivity contribution in [2.75, 3.05) is 18.2 Å². The Morgan fingerprint density at radius 3 is 2.76 bits per heavy atom. The number of rotatable bonds is 3. The second-order valence-corrected chi connectivity index (χ2v) is 4.88. The van der Waals surface area contributed by atoms with Crippen LogP contribution < -0.4 is 11.1 Å². The summed E-state index contributed by atoms with van der Waals surface area (Å²) in [6, 6.07) is 7.84. The zero-order valence-corrected chi connectivity index (χ0v) is 12.3. The van der Waals surface area contributed by atoms with Crippen LogP contribution in [-0.2, 0) is 4.74 Å². The Bertz CT molecular complexity index is 704. The molecule has 3 N–H and O–H groups in total. The molecule has 2 aromatic carbocycles. The quantitative estimate of drug-likeness (QED) is 0.666. The van der Waals surface area contributed by atoms with Gasteiger partial charge in [0.05, 0.1) is 23.4 Å². The van der Waals surface area contributed by atoms with Gasteiger partial charge in [0, 0.05) is 11.4 Å². The lowest BCUT2D eigenvalue weighted by Gasteiger charge is -2.13. The molecule has 0 saturated heterocycles. The van der Waals surface area contributed by atoms with E-state index < -0.39 is 11.8 Å². The normalized spacial score (nSPS) is 10.3. The number of nitrogen functional groups attached to an aromatic ring is 1. The maximum Gasteiger partial charge on any atom is 0.340 e. The highest BCUT2D eigenvalue weighted by Gasteiger charge is 2.14. The number of carbonyl (C=O) groups excluding carboxylic acids is 1. The van der Waals surface area contributed by atoms with E-state index in [1.807, 2.05) is 0 Å². The number of nitrogens with one attached hydrogen (secondary N) is 1. The SMILES string of the molecule is COC(=O)c1cc(Nc2cccc(Cl)c2F)cc(C)c1N. The van der Waals surface area contributed by atoms with Gasteiger partial charge < -0.3 is 15.8 Å². The predicted octanol–water partition coefficient (Wildman–Crippen LogP) is 3.90. The Morgan fingerprint density at radius 1 is 1.38 bits per heavy atom. The average Bonchev–Trinajstić information content (AvgIpc) is 2.46. The van der Waals surface area contributed by atoms with Crippen molar-refractivity contribution in [3.63, 3.8) is 0 Å². The van der Waals surface area contributed by atoms with Crippen LogP contribution >= 0.6 is 11.6 Å². The van der Waals surface area contributed by atoms with Crippen LogP contribution in [0, 0.1) is 12.7 Å². The number of ether oxygens (including phenoxy) is 1. The van der Waals surface area contributed by atoms with Crippen LogP contribution in [0.5, 0.6) is 0 Å². The second-order valence-electron chi connectivity index (χ2n) is 4.47. The maximum absolute atomic E-state index is 13.9. The lowest BCUT2D eigenvalue weighted by Crippen LogP contribution is -2.08. The number of nitrogens with two attached hydrogens (primary N) is 1. The van der Waals surface area contributed by atoms with Crippen LogP contribution in [0.4, 0.5) is 21.5 Å². The fraction of sp³-hybridized carbons (Fsp3) is 0.133. The molecule has 2 rings (SSSR count). The smallest absolute Gasteiger partial charge is 0.340 e. The monoisotopic (exact) mass is 308 g/mol. The molecule has 4 nitrogen and oxygen atoms in total. The van der Waals surface area contributed by atoms with Crippen molar-refractivity contribution in [1.29, 1.82) is 0 Å². The number of esters is 1. The summed E-state index contributed by atoms with van der Waals surface area (Å²) in [4.78, 5) is 11.7. The van der Waals surface area contributed by atoms with E-state index in [-0.39, 0.29) is 16.3 Å². The Hall–Kier alpha value is -2.27. The molecule has 6 heteroatoms. The minimum absolute atomic E-state index is 0.0142. The minimum atomic E-state index is -0.562. The van der Waals surface area contributed by atoms with Gasteiger partial charge in [0.15, 0.2) is 5.82 Å². The minimum Gasteiger partial charge on any atom is -0.465 e. The second kappa shape index (κ2) is 6.01. The highest BCUT2D eigenvalue weighted by molar-refractivity contribution is 6.31. The largest absolute Gasteiger partial charge is 0.465 e. The summed E-state index contributed by atoms with van der Waals surface area (Å²) >= 11 is 5.73. The van der Waals surface area contributed by atoms with E-state index in [1.165, 1.54) is 19.2 Å². The molecular formula is C15H14ClFN2O2. The van der Waals surface area contributed by atoms with Crippen LogP contribution in [-0.4, -0.2) is 13.1 Å². The molecule has 0 radical (unpaired) electrons. The molecule has 0 aliphatic rings. The van der Waals surface area contributed by atoms with E-state index in [0.29, 0.717) is 16.9 Å². The number of carbonyl (C=O) groups is 1. The molecule has 0 saturated carbocycles. The van der Waals surface area contributed by atoms with Gasteiger partial charge in [-0.15, -0.1) is 0 Å². The highest BCUT2D eigenvalue weighted by atomic mass is 35.5. The summed E-state index contributed by atoms with van der Waals surface area (Å²) in [5, 5.41) is 2.89. The van der Waals surface area contributed by atoms with Gasteiger partial charge in [-0.3, -0.25) is 0 Å². The summed E-state index contributed by atoms with van der Waals surface area (Å²) in [5.74, 6) is -1.11. The number of aryl methyl sites for hydroxylation is 1. The van der Waals surface area contributed by atoms with E-state index >= 15 is 0 Å². The molecule has 0 aromatic heterocycles. The Morgan fingerprint density at radius 2 is 2.10 bits per heavy atom. The van der Waals surface area contributed by atoms with Crippen LogP contribution in [0.15, 0.2) is 30.3 Å². The van der Waals surface area contributed by atoms with Gasteiger partial charge in [-0.05, 0) is 36.8 Å². The van der Waals surface area contributed by atoms with Gasteiger partial charge >= 0.3 is 5.97 Å². The van der Waals surface area contributed by atoms with E-state index in [9.17, 15) is 9.18 Å². The van der Waals surface area contributed by atoms with Crippen LogP contribution in [0.2, 0.25) is 5.02 Å². The predicted molar refractivity (Wildman–Crippen MR) is 81.6 cm³/mol. The summed E-state index contributed by atoms with van der Waals surface area (Å²) < 4.78 is 18.6. The standard InChI is InChI=1S/C15H14ClFN2O2/c1-8-6-9(7-10(14(8)18)15(20)21-2)19-12-5-3-4-11(16)13(12)17/h3-7,19H,18H2,1-2H3. The van der Waals surface area contributed by atoms with Gasteiger partial charge in [0.2, 0.25) is 0 Å². The number of hydrogen-bond donors (Lipinski definition) is 2. The van der Waals surface area contributed by atoms with Crippen molar-refractivity contribution >= 4 is 34.6 Å². The summed E-state index contributed by atoms with van der Waals surface area (Å²) in [6.07, 6.45) is 0. The third kappa shape index (κ3) is 3.08. The van der Waals surface area contributed by atoms with Crippen molar-refractivity contribution in [2.24, 2.45) is 0 Å². The zero-order valence-electron chi connectivity index (χ0n) is 11.5. The number of hydrogen-bond acceptors (Lipinski definition) is 4. The Kier molecular flexibility index (Phi) is 4.33. The third-order valence-corrected chi connectivity index (χ3v) is 3.31. The molecule has 110 valence electrons. The van der Waals surface area contributed by atoms with Crippen LogP contribution in [0.3, 0.4) is 0 Å². The molecule has 0 bridgehead atoms. The number of anilines is 3. The van der Waals surface area contributed by atoms with E-state index in [2.05, 4.69) is 10.1 Å². The molecular weight excluding hydrogens is 295 g/mol. The van der Waals surface area contributed by atoms with Crippen molar-refractivity contribution in [1.82, 2.24) is 0 Å². The van der Waals surface area contributed by atoms with Crippen molar-refractivity contribution in [3.05, 3.63) is 52.3 Å². The van der Waals surface area contributed by atoms with Gasteiger partial charge in [-0.25, -0.2) is 9.18 Å². The number of halogens is 2. The molecule has 0 heterocycles. The fourth-order valence-corrected chi connectivity index (χ4v) is 2.08. The molecule has 0 atom stereocenters. The highest BCUT2D eigenvalue weighted by Crippen LogP contribution is 2.29. The lowest BCUT2D eigenvalue weighted by molar-refractivity contribution is 0.0602. The molecule has 0 unspecified atom stereocenters. The first-order chi connectivity index (χ1) is 9.93. The molecule has 0 spiro atoms. The molecule has 2 aromatic rings. The van der Waals surface area contributed by atoms with Gasteiger partial charge in [-0.1, -0.05) is 17.7 Å². The lowest BCUT2D eigenvalue weighted by atomic mass is 10.1. The number of methoxy groups -OCH3 is 1. The van der Waals surface area contributed by atoms with Crippen molar-refractivity contribution < 1.29 is 13.9 Å². The average molecular weight is 309 g/mol. The van der Waals surface area contributed by atoms with E-state index in [0.717, 1.165) is 0 Å². The molecule has 0 aliphatic carbocycles. The molecule has 0 aliphatic heterocycles. The topological polar surface area (TPSA) is 64.3 Å². The molecule has 21 heavy (non-hydrogen) atoms. The summed E-state index contributed by atoms with van der Waals surface area (Å²) in [5.41, 5.74) is 7.82. The zero-order chi connectivity index (χ0) is 15.6. The van der Waals surface area contributed by atoms with Crippen molar-refractivity contribution in [2.45, 2.75) is 6.92 Å². The first-order valence-corrected chi connectivity index (χ1v) is 6.51. The summed E-state index contributed by atoms with van der Waals surface area (Å²) in [6.45, 7) is 1.75. The van der Waals surface area contributed by atoms with Gasteiger partial charge in [0.1, 0.15) is 0 Å². The van der Waals surface area contributed by atoms with Gasteiger partial charge in [-0.2, -0.15) is 0 Å². The summed E-state index contributed by atoms with van der Waals surface area (Å²) in [7, 11) is 1.27. The van der Waals surface area contributed by atoms with E-state index in [1.54, 1.807) is 25.1 Å².